The van der Waals surface area contributed by atoms with E-state index in [2.05, 4.69) is 22.9 Å². The first-order valence-corrected chi connectivity index (χ1v) is 7.21. The molecule has 0 aromatic heterocycles. The summed E-state index contributed by atoms with van der Waals surface area (Å²) >= 11 is 3.38. The first-order chi connectivity index (χ1) is 8.60. The van der Waals surface area contributed by atoms with E-state index < -0.39 is 0 Å². The van der Waals surface area contributed by atoms with Crippen LogP contribution in [0.15, 0.2) is 22.7 Å². The molecule has 1 unspecified atom stereocenters. The van der Waals surface area contributed by atoms with Gasteiger partial charge in [-0.05, 0) is 46.0 Å². The number of rotatable bonds is 4. The monoisotopic (exact) mass is 310 g/mol. The van der Waals surface area contributed by atoms with Crippen LogP contribution in [-0.4, -0.2) is 17.4 Å². The Bertz CT molecular complexity index is 447. The van der Waals surface area contributed by atoms with Crippen molar-refractivity contribution in [3.63, 3.8) is 0 Å². The van der Waals surface area contributed by atoms with Crippen LogP contribution in [0.3, 0.4) is 0 Å². The number of nitrogens with two attached hydrogens (primary N) is 1. The summed E-state index contributed by atoms with van der Waals surface area (Å²) in [6.45, 7) is 3.74. The summed E-state index contributed by atoms with van der Waals surface area (Å²) in [6.07, 6.45) is 3.00. The molecule has 2 rings (SSSR count). The zero-order valence-corrected chi connectivity index (χ0v) is 12.2. The van der Waals surface area contributed by atoms with Crippen molar-refractivity contribution in [3.8, 4) is 0 Å². The van der Waals surface area contributed by atoms with Crippen molar-refractivity contribution >= 4 is 27.5 Å². The Labute approximate surface area is 116 Å². The zero-order valence-electron chi connectivity index (χ0n) is 10.7. The summed E-state index contributed by atoms with van der Waals surface area (Å²) in [7, 11) is 0. The van der Waals surface area contributed by atoms with Crippen LogP contribution in [-0.2, 0) is 11.3 Å². The van der Waals surface area contributed by atoms with Gasteiger partial charge in [-0.25, -0.2) is 0 Å². The number of hydrogen-bond acceptors (Lipinski definition) is 2. The van der Waals surface area contributed by atoms with Crippen molar-refractivity contribution < 1.29 is 4.79 Å². The van der Waals surface area contributed by atoms with Gasteiger partial charge in [-0.1, -0.05) is 19.4 Å². The van der Waals surface area contributed by atoms with E-state index in [1.807, 2.05) is 23.1 Å². The lowest BCUT2D eigenvalue weighted by atomic mass is 10.0. The van der Waals surface area contributed by atoms with Crippen LogP contribution in [0.4, 0.5) is 5.69 Å². The molecule has 1 heterocycles. The fourth-order valence-corrected chi connectivity index (χ4v) is 2.77. The Morgan fingerprint density at radius 3 is 2.94 bits per heavy atom. The van der Waals surface area contributed by atoms with Gasteiger partial charge in [0.2, 0.25) is 5.91 Å². The predicted molar refractivity (Wildman–Crippen MR) is 77.0 cm³/mol. The van der Waals surface area contributed by atoms with Gasteiger partial charge >= 0.3 is 0 Å². The highest BCUT2D eigenvalue weighted by Crippen LogP contribution is 2.26. The molecule has 4 heteroatoms. The van der Waals surface area contributed by atoms with E-state index >= 15 is 0 Å². The number of anilines is 1. The van der Waals surface area contributed by atoms with Crippen LogP contribution < -0.4 is 5.73 Å². The summed E-state index contributed by atoms with van der Waals surface area (Å²) in [5.74, 6) is 0.810. The number of amides is 1. The molecule has 0 radical (unpaired) electrons. The highest BCUT2D eigenvalue weighted by Gasteiger charge is 2.28. The van der Waals surface area contributed by atoms with Gasteiger partial charge in [-0.2, -0.15) is 0 Å². The molecular formula is C14H19BrN2O. The largest absolute Gasteiger partial charge is 0.398 e. The molecule has 18 heavy (non-hydrogen) atoms. The summed E-state index contributed by atoms with van der Waals surface area (Å²) in [6, 6.07) is 5.89. The Morgan fingerprint density at radius 2 is 2.28 bits per heavy atom. The molecule has 0 aliphatic carbocycles. The van der Waals surface area contributed by atoms with Gasteiger partial charge in [0, 0.05) is 29.7 Å². The number of hydrogen-bond donors (Lipinski definition) is 1. The second kappa shape index (κ2) is 5.74. The Morgan fingerprint density at radius 1 is 1.50 bits per heavy atom. The first kappa shape index (κ1) is 13.4. The third-order valence-electron chi connectivity index (χ3n) is 3.43. The van der Waals surface area contributed by atoms with Crippen molar-refractivity contribution in [2.75, 3.05) is 12.3 Å². The van der Waals surface area contributed by atoms with Gasteiger partial charge in [0.1, 0.15) is 0 Å². The van der Waals surface area contributed by atoms with Gasteiger partial charge in [-0.3, -0.25) is 4.79 Å². The minimum absolute atomic E-state index is 0.273. The Balaban J connectivity index is 2.01. The quantitative estimate of drug-likeness (QED) is 0.868. The van der Waals surface area contributed by atoms with Crippen molar-refractivity contribution in [3.05, 3.63) is 28.2 Å². The molecule has 3 nitrogen and oxygen atoms in total. The summed E-state index contributed by atoms with van der Waals surface area (Å²) in [5, 5.41) is 0. The van der Waals surface area contributed by atoms with E-state index in [0.717, 1.165) is 35.1 Å². The maximum atomic E-state index is 11.9. The van der Waals surface area contributed by atoms with E-state index in [0.29, 0.717) is 18.9 Å². The SMILES string of the molecule is CCCC1CC(=O)N(Cc2ccc(Br)c(N)c2)C1. The van der Waals surface area contributed by atoms with E-state index in [1.165, 1.54) is 0 Å². The van der Waals surface area contributed by atoms with Crippen LogP contribution in [0.1, 0.15) is 31.7 Å². The predicted octanol–water partition coefficient (Wildman–Crippen LogP) is 3.18. The normalized spacial score (nSPS) is 19.6. The van der Waals surface area contributed by atoms with Gasteiger partial charge in [0.15, 0.2) is 0 Å². The van der Waals surface area contributed by atoms with Crippen LogP contribution >= 0.6 is 15.9 Å². The van der Waals surface area contributed by atoms with Crippen LogP contribution in [0.2, 0.25) is 0 Å². The van der Waals surface area contributed by atoms with Crippen molar-refractivity contribution in [1.82, 2.24) is 4.90 Å². The van der Waals surface area contributed by atoms with E-state index in [-0.39, 0.29) is 5.91 Å². The van der Waals surface area contributed by atoms with Crippen molar-refractivity contribution in [2.45, 2.75) is 32.7 Å². The number of likely N-dealkylation sites (tertiary alicyclic amines) is 1. The highest BCUT2D eigenvalue weighted by molar-refractivity contribution is 9.10. The molecule has 1 amide bonds. The number of carbonyl (C=O) groups excluding carboxylic acids is 1. The fraction of sp³-hybridized carbons (Fsp3) is 0.500. The molecule has 1 atom stereocenters. The number of halogens is 1. The fourth-order valence-electron chi connectivity index (χ4n) is 2.52. The lowest BCUT2D eigenvalue weighted by Gasteiger charge is -2.17. The first-order valence-electron chi connectivity index (χ1n) is 6.41. The molecule has 1 fully saturated rings. The molecule has 1 aliphatic heterocycles. The van der Waals surface area contributed by atoms with Gasteiger partial charge < -0.3 is 10.6 Å². The molecule has 2 N–H and O–H groups in total. The van der Waals surface area contributed by atoms with E-state index in [4.69, 9.17) is 5.73 Å². The molecule has 1 saturated heterocycles. The van der Waals surface area contributed by atoms with Crippen molar-refractivity contribution in [2.24, 2.45) is 5.92 Å². The van der Waals surface area contributed by atoms with Crippen molar-refractivity contribution in [1.29, 1.82) is 0 Å². The van der Waals surface area contributed by atoms with E-state index in [9.17, 15) is 4.79 Å². The standard InChI is InChI=1S/C14H19BrN2O/c1-2-3-10-7-14(18)17(8-10)9-11-4-5-12(15)13(16)6-11/h4-6,10H,2-3,7-9,16H2,1H3. The van der Waals surface area contributed by atoms with Crippen LogP contribution in [0.5, 0.6) is 0 Å². The van der Waals surface area contributed by atoms with Crippen LogP contribution in [0, 0.1) is 5.92 Å². The maximum absolute atomic E-state index is 11.9. The second-order valence-corrected chi connectivity index (χ2v) is 5.84. The number of nitrogen functional groups attached to an aromatic ring is 1. The maximum Gasteiger partial charge on any atom is 0.223 e. The number of benzene rings is 1. The second-order valence-electron chi connectivity index (χ2n) is 4.99. The number of nitrogens with zero attached hydrogens (tertiary/aromatic N) is 1. The Hall–Kier alpha value is -1.03. The molecule has 98 valence electrons. The number of carbonyl (C=O) groups is 1. The van der Waals surface area contributed by atoms with Gasteiger partial charge in [0.05, 0.1) is 0 Å². The molecule has 0 spiro atoms. The molecule has 1 aromatic carbocycles. The summed E-state index contributed by atoms with van der Waals surface area (Å²) < 4.78 is 0.905. The molecule has 0 saturated carbocycles. The molecule has 1 aliphatic rings. The van der Waals surface area contributed by atoms with Gasteiger partial charge in [0.25, 0.3) is 0 Å². The third kappa shape index (κ3) is 3.05. The van der Waals surface area contributed by atoms with E-state index in [1.54, 1.807) is 0 Å². The Kier molecular flexibility index (Phi) is 4.27. The summed E-state index contributed by atoms with van der Waals surface area (Å²) in [4.78, 5) is 13.8. The molecule has 1 aromatic rings. The topological polar surface area (TPSA) is 46.3 Å². The average Bonchev–Trinajstić information content (AvgIpc) is 2.65. The lowest BCUT2D eigenvalue weighted by Crippen LogP contribution is -2.24. The molecular weight excluding hydrogens is 292 g/mol. The average molecular weight is 311 g/mol. The molecule has 0 bridgehead atoms. The minimum atomic E-state index is 0.273. The van der Waals surface area contributed by atoms with Crippen LogP contribution in [0.25, 0.3) is 0 Å². The zero-order chi connectivity index (χ0) is 13.1. The third-order valence-corrected chi connectivity index (χ3v) is 4.15. The van der Waals surface area contributed by atoms with Gasteiger partial charge in [-0.15, -0.1) is 0 Å². The highest BCUT2D eigenvalue weighted by atomic mass is 79.9. The smallest absolute Gasteiger partial charge is 0.223 e. The lowest BCUT2D eigenvalue weighted by molar-refractivity contribution is -0.128. The minimum Gasteiger partial charge on any atom is -0.398 e. The summed E-state index contributed by atoms with van der Waals surface area (Å²) in [5.41, 5.74) is 7.68.